The normalized spacial score (nSPS) is 12.8. The van der Waals surface area contributed by atoms with Gasteiger partial charge in [0.1, 0.15) is 37.9 Å². The maximum Gasteiger partial charge on any atom is 0.165 e. The zero-order valence-corrected chi connectivity index (χ0v) is 13.0. The Balaban J connectivity index is 1.48. The average molecular weight is 351 g/mol. The minimum absolute atomic E-state index is 0.468. The lowest BCUT2D eigenvalue weighted by Gasteiger charge is -2.19. The van der Waals surface area contributed by atoms with Gasteiger partial charge in [0, 0.05) is 10.5 Å². The summed E-state index contributed by atoms with van der Waals surface area (Å²) in [5, 5.41) is 0. The number of fused-ring (bicyclic) bond motifs is 1. The van der Waals surface area contributed by atoms with Gasteiger partial charge in [-0.2, -0.15) is 0 Å². The molecule has 5 heteroatoms. The van der Waals surface area contributed by atoms with Gasteiger partial charge in [-0.1, -0.05) is 15.9 Å². The van der Waals surface area contributed by atoms with Crippen molar-refractivity contribution < 1.29 is 18.9 Å². The van der Waals surface area contributed by atoms with Crippen LogP contribution in [0.2, 0.25) is 0 Å². The zero-order chi connectivity index (χ0) is 14.5. The van der Waals surface area contributed by atoms with Gasteiger partial charge in [-0.3, -0.25) is 0 Å². The third-order valence-corrected chi connectivity index (χ3v) is 3.48. The summed E-state index contributed by atoms with van der Waals surface area (Å²) < 4.78 is 23.2. The van der Waals surface area contributed by atoms with Crippen LogP contribution >= 0.6 is 15.9 Å². The van der Waals surface area contributed by atoms with Gasteiger partial charge < -0.3 is 18.9 Å². The fraction of sp³-hybridized carbons (Fsp3) is 0.250. The van der Waals surface area contributed by atoms with Crippen LogP contribution in [0.4, 0.5) is 0 Å². The average Bonchev–Trinajstić information content (AvgIpc) is 2.53. The van der Waals surface area contributed by atoms with Crippen LogP contribution < -0.4 is 18.9 Å². The molecule has 0 saturated heterocycles. The first-order valence-electron chi connectivity index (χ1n) is 6.72. The first-order chi connectivity index (χ1) is 10.3. The molecule has 1 aliphatic heterocycles. The van der Waals surface area contributed by atoms with Crippen molar-refractivity contribution >= 4 is 15.9 Å². The lowest BCUT2D eigenvalue weighted by atomic mass is 10.3. The molecular formula is C16H15BrO4. The predicted molar refractivity (Wildman–Crippen MR) is 82.6 cm³/mol. The van der Waals surface area contributed by atoms with Crippen molar-refractivity contribution in [2.24, 2.45) is 0 Å². The van der Waals surface area contributed by atoms with E-state index in [1.165, 1.54) is 0 Å². The highest BCUT2D eigenvalue weighted by Crippen LogP contribution is 2.33. The molecule has 2 aromatic rings. The van der Waals surface area contributed by atoms with Gasteiger partial charge in [0.25, 0.3) is 0 Å². The second-order valence-corrected chi connectivity index (χ2v) is 5.37. The van der Waals surface area contributed by atoms with Gasteiger partial charge >= 0.3 is 0 Å². The number of rotatable bonds is 5. The second-order valence-electron chi connectivity index (χ2n) is 4.46. The van der Waals surface area contributed by atoms with Gasteiger partial charge in [0.05, 0.1) is 0 Å². The number of hydrogen-bond acceptors (Lipinski definition) is 4. The molecule has 0 amide bonds. The predicted octanol–water partition coefficient (Wildman–Crippen LogP) is 3.68. The van der Waals surface area contributed by atoms with E-state index >= 15 is 0 Å². The Morgan fingerprint density at radius 2 is 1.43 bits per heavy atom. The van der Waals surface area contributed by atoms with Crippen molar-refractivity contribution in [3.05, 3.63) is 46.9 Å². The number of benzene rings is 2. The Labute approximate surface area is 131 Å². The number of hydrogen-bond donors (Lipinski definition) is 0. The Morgan fingerprint density at radius 3 is 2.19 bits per heavy atom. The molecule has 0 atom stereocenters. The van der Waals surface area contributed by atoms with E-state index in [0.29, 0.717) is 26.4 Å². The highest BCUT2D eigenvalue weighted by molar-refractivity contribution is 9.10. The van der Waals surface area contributed by atoms with Gasteiger partial charge in [-0.15, -0.1) is 0 Å². The summed E-state index contributed by atoms with van der Waals surface area (Å²) in [4.78, 5) is 0. The number of ether oxygens (including phenoxy) is 4. The molecule has 0 unspecified atom stereocenters. The van der Waals surface area contributed by atoms with E-state index in [4.69, 9.17) is 18.9 Å². The van der Waals surface area contributed by atoms with Gasteiger partial charge in [0.15, 0.2) is 11.5 Å². The molecule has 0 saturated carbocycles. The molecule has 1 aliphatic rings. The quantitative estimate of drug-likeness (QED) is 0.771. The SMILES string of the molecule is Brc1ccc(OCCOc2ccc3c(c2)OCCO3)cc1. The first kappa shape index (κ1) is 14.1. The van der Waals surface area contributed by atoms with Crippen molar-refractivity contribution in [2.75, 3.05) is 26.4 Å². The van der Waals surface area contributed by atoms with Crippen molar-refractivity contribution in [3.63, 3.8) is 0 Å². The van der Waals surface area contributed by atoms with Gasteiger partial charge in [-0.05, 0) is 36.4 Å². The second kappa shape index (κ2) is 6.72. The van der Waals surface area contributed by atoms with Crippen LogP contribution in [0.25, 0.3) is 0 Å². The molecule has 0 spiro atoms. The monoisotopic (exact) mass is 350 g/mol. The van der Waals surface area contributed by atoms with E-state index in [2.05, 4.69) is 15.9 Å². The highest BCUT2D eigenvalue weighted by Gasteiger charge is 2.11. The van der Waals surface area contributed by atoms with E-state index in [1.807, 2.05) is 42.5 Å². The molecule has 0 N–H and O–H groups in total. The molecule has 3 rings (SSSR count). The summed E-state index contributed by atoms with van der Waals surface area (Å²) in [6, 6.07) is 13.3. The van der Waals surface area contributed by atoms with Crippen LogP contribution in [0.3, 0.4) is 0 Å². The summed E-state index contributed by atoms with van der Waals surface area (Å²) in [5.41, 5.74) is 0. The van der Waals surface area contributed by atoms with Crippen LogP contribution in [0.1, 0.15) is 0 Å². The lowest BCUT2D eigenvalue weighted by Crippen LogP contribution is -2.15. The fourth-order valence-electron chi connectivity index (χ4n) is 1.96. The largest absolute Gasteiger partial charge is 0.490 e. The molecule has 0 aromatic heterocycles. The Hall–Kier alpha value is -1.88. The summed E-state index contributed by atoms with van der Waals surface area (Å²) >= 11 is 3.39. The minimum Gasteiger partial charge on any atom is -0.490 e. The molecule has 2 aromatic carbocycles. The summed E-state index contributed by atoms with van der Waals surface area (Å²) in [5.74, 6) is 3.06. The van der Waals surface area contributed by atoms with Crippen LogP contribution in [0, 0.1) is 0 Å². The molecule has 0 radical (unpaired) electrons. The van der Waals surface area contributed by atoms with Crippen molar-refractivity contribution in [2.45, 2.75) is 0 Å². The van der Waals surface area contributed by atoms with Crippen LogP contribution in [0.15, 0.2) is 46.9 Å². The smallest absolute Gasteiger partial charge is 0.165 e. The van der Waals surface area contributed by atoms with Gasteiger partial charge in [-0.25, -0.2) is 0 Å². The standard InChI is InChI=1S/C16H15BrO4/c17-12-1-3-13(4-2-12)18-7-8-19-14-5-6-15-16(11-14)21-10-9-20-15/h1-6,11H,7-10H2. The van der Waals surface area contributed by atoms with E-state index in [9.17, 15) is 0 Å². The number of halogens is 1. The maximum absolute atomic E-state index is 5.65. The van der Waals surface area contributed by atoms with E-state index in [1.54, 1.807) is 0 Å². The Bertz CT molecular complexity index is 598. The topological polar surface area (TPSA) is 36.9 Å². The van der Waals surface area contributed by atoms with E-state index in [0.717, 1.165) is 27.5 Å². The van der Waals surface area contributed by atoms with Crippen LogP contribution in [-0.2, 0) is 0 Å². The van der Waals surface area contributed by atoms with E-state index in [-0.39, 0.29) is 0 Å². The van der Waals surface area contributed by atoms with Crippen LogP contribution in [-0.4, -0.2) is 26.4 Å². The third kappa shape index (κ3) is 3.82. The molecule has 4 nitrogen and oxygen atoms in total. The fourth-order valence-corrected chi connectivity index (χ4v) is 2.23. The summed E-state index contributed by atoms with van der Waals surface area (Å²) in [7, 11) is 0. The third-order valence-electron chi connectivity index (χ3n) is 2.95. The molecule has 21 heavy (non-hydrogen) atoms. The molecule has 110 valence electrons. The minimum atomic E-state index is 0.468. The summed E-state index contributed by atoms with van der Waals surface area (Å²) in [6.45, 7) is 2.11. The first-order valence-corrected chi connectivity index (χ1v) is 7.51. The molecular weight excluding hydrogens is 336 g/mol. The van der Waals surface area contributed by atoms with Crippen LogP contribution in [0.5, 0.6) is 23.0 Å². The van der Waals surface area contributed by atoms with Crippen molar-refractivity contribution in [3.8, 4) is 23.0 Å². The van der Waals surface area contributed by atoms with Crippen molar-refractivity contribution in [1.82, 2.24) is 0 Å². The van der Waals surface area contributed by atoms with E-state index < -0.39 is 0 Å². The lowest BCUT2D eigenvalue weighted by molar-refractivity contribution is 0.169. The van der Waals surface area contributed by atoms with Gasteiger partial charge in [0.2, 0.25) is 0 Å². The molecule has 1 heterocycles. The zero-order valence-electron chi connectivity index (χ0n) is 11.4. The molecule has 0 bridgehead atoms. The summed E-state index contributed by atoms with van der Waals surface area (Å²) in [6.07, 6.45) is 0. The maximum atomic E-state index is 5.65. The Kier molecular flexibility index (Phi) is 4.50. The highest BCUT2D eigenvalue weighted by atomic mass is 79.9. The Morgan fingerprint density at radius 1 is 0.810 bits per heavy atom. The van der Waals surface area contributed by atoms with Crippen molar-refractivity contribution in [1.29, 1.82) is 0 Å². The molecule has 0 fully saturated rings. The molecule has 0 aliphatic carbocycles.